The summed E-state index contributed by atoms with van der Waals surface area (Å²) in [6.07, 6.45) is 0. The lowest BCUT2D eigenvalue weighted by Gasteiger charge is -2.21. The lowest BCUT2D eigenvalue weighted by atomic mass is 10.4. The Morgan fingerprint density at radius 3 is 2.29 bits per heavy atom. The maximum atomic E-state index is 11.5. The van der Waals surface area contributed by atoms with E-state index in [0.29, 0.717) is 6.54 Å². The molecule has 0 heterocycles. The second kappa shape index (κ2) is 7.48. The SMILES string of the molecule is CCN(CC(=O)NC(C)C)C(=O)NCC(=O)O. The number of nitrogens with zero attached hydrogens (tertiary/aromatic N) is 1. The van der Waals surface area contributed by atoms with Gasteiger partial charge in [-0.2, -0.15) is 0 Å². The van der Waals surface area contributed by atoms with Gasteiger partial charge in [0.2, 0.25) is 5.91 Å². The van der Waals surface area contributed by atoms with E-state index in [-0.39, 0.29) is 18.5 Å². The molecule has 0 aliphatic carbocycles. The first kappa shape index (κ1) is 15.2. The molecule has 0 rings (SSSR count). The molecule has 0 radical (unpaired) electrons. The van der Waals surface area contributed by atoms with Crippen LogP contribution in [0.1, 0.15) is 20.8 Å². The average molecular weight is 245 g/mol. The van der Waals surface area contributed by atoms with E-state index < -0.39 is 18.5 Å². The highest BCUT2D eigenvalue weighted by Crippen LogP contribution is 1.90. The first-order valence-electron chi connectivity index (χ1n) is 5.40. The van der Waals surface area contributed by atoms with Crippen molar-refractivity contribution < 1.29 is 19.5 Å². The molecule has 0 unspecified atom stereocenters. The van der Waals surface area contributed by atoms with Gasteiger partial charge in [-0.15, -0.1) is 0 Å². The average Bonchev–Trinajstić information content (AvgIpc) is 2.21. The minimum absolute atomic E-state index is 0.00304. The van der Waals surface area contributed by atoms with Crippen LogP contribution < -0.4 is 10.6 Å². The molecule has 0 bridgehead atoms. The van der Waals surface area contributed by atoms with Crippen molar-refractivity contribution >= 4 is 17.9 Å². The fraction of sp³-hybridized carbons (Fsp3) is 0.700. The van der Waals surface area contributed by atoms with Crippen LogP contribution in [0.4, 0.5) is 4.79 Å². The maximum Gasteiger partial charge on any atom is 0.323 e. The summed E-state index contributed by atoms with van der Waals surface area (Å²) in [5, 5.41) is 13.3. The smallest absolute Gasteiger partial charge is 0.323 e. The fourth-order valence-electron chi connectivity index (χ4n) is 1.13. The molecule has 0 atom stereocenters. The summed E-state index contributed by atoms with van der Waals surface area (Å²) in [5.41, 5.74) is 0. The Kier molecular flexibility index (Phi) is 6.69. The largest absolute Gasteiger partial charge is 0.480 e. The third-order valence-electron chi connectivity index (χ3n) is 1.84. The zero-order valence-corrected chi connectivity index (χ0v) is 10.3. The molecular formula is C10H19N3O4. The Bertz CT molecular complexity index is 291. The minimum atomic E-state index is -1.12. The number of hydrogen-bond acceptors (Lipinski definition) is 3. The molecule has 3 N–H and O–H groups in total. The van der Waals surface area contributed by atoms with Gasteiger partial charge in [-0.3, -0.25) is 9.59 Å². The Balaban J connectivity index is 4.17. The number of amides is 3. The number of rotatable bonds is 6. The van der Waals surface area contributed by atoms with Crippen molar-refractivity contribution in [3.63, 3.8) is 0 Å². The van der Waals surface area contributed by atoms with Gasteiger partial charge in [0.1, 0.15) is 13.1 Å². The van der Waals surface area contributed by atoms with Crippen molar-refractivity contribution in [1.82, 2.24) is 15.5 Å². The van der Waals surface area contributed by atoms with Gasteiger partial charge in [0.15, 0.2) is 0 Å². The van der Waals surface area contributed by atoms with Crippen LogP contribution in [0.15, 0.2) is 0 Å². The van der Waals surface area contributed by atoms with Crippen molar-refractivity contribution in [3.8, 4) is 0 Å². The number of urea groups is 1. The fourth-order valence-corrected chi connectivity index (χ4v) is 1.13. The van der Waals surface area contributed by atoms with Crippen LogP contribution in [0.2, 0.25) is 0 Å². The quantitative estimate of drug-likeness (QED) is 0.594. The van der Waals surface area contributed by atoms with Crippen molar-refractivity contribution in [2.24, 2.45) is 0 Å². The molecule has 0 fully saturated rings. The second-order valence-electron chi connectivity index (χ2n) is 3.79. The van der Waals surface area contributed by atoms with Crippen molar-refractivity contribution in [2.75, 3.05) is 19.6 Å². The molecule has 3 amide bonds. The Morgan fingerprint density at radius 2 is 1.88 bits per heavy atom. The molecule has 7 heteroatoms. The summed E-state index contributed by atoms with van der Waals surface area (Å²) in [7, 11) is 0. The van der Waals surface area contributed by atoms with Crippen LogP contribution in [0.3, 0.4) is 0 Å². The lowest BCUT2D eigenvalue weighted by molar-refractivity contribution is -0.135. The zero-order chi connectivity index (χ0) is 13.4. The standard InChI is InChI=1S/C10H19N3O4/c1-4-13(6-8(14)12-7(2)3)10(17)11-5-9(15)16/h7H,4-6H2,1-3H3,(H,11,17)(H,12,14)(H,15,16). The van der Waals surface area contributed by atoms with Crippen LogP contribution in [0, 0.1) is 0 Å². The molecule has 0 spiro atoms. The molecule has 0 aromatic rings. The number of aliphatic carboxylic acids is 1. The molecule has 0 aromatic carbocycles. The highest BCUT2D eigenvalue weighted by atomic mass is 16.4. The Morgan fingerprint density at radius 1 is 1.29 bits per heavy atom. The van der Waals surface area contributed by atoms with E-state index in [1.807, 2.05) is 13.8 Å². The molecule has 7 nitrogen and oxygen atoms in total. The summed E-state index contributed by atoms with van der Waals surface area (Å²) >= 11 is 0. The molecular weight excluding hydrogens is 226 g/mol. The number of hydrogen-bond donors (Lipinski definition) is 3. The maximum absolute atomic E-state index is 11.5. The minimum Gasteiger partial charge on any atom is -0.480 e. The number of nitrogens with one attached hydrogen (secondary N) is 2. The first-order valence-corrected chi connectivity index (χ1v) is 5.40. The van der Waals surface area contributed by atoms with Crippen molar-refractivity contribution in [2.45, 2.75) is 26.8 Å². The van der Waals surface area contributed by atoms with Crippen molar-refractivity contribution in [3.05, 3.63) is 0 Å². The number of likely N-dealkylation sites (N-methyl/N-ethyl adjacent to an activating group) is 1. The summed E-state index contributed by atoms with van der Waals surface area (Å²) in [6.45, 7) is 5.14. The van der Waals surface area contributed by atoms with E-state index in [2.05, 4.69) is 10.6 Å². The van der Waals surface area contributed by atoms with Crippen LogP contribution in [-0.2, 0) is 9.59 Å². The van der Waals surface area contributed by atoms with Gasteiger partial charge in [-0.25, -0.2) is 4.79 Å². The van der Waals surface area contributed by atoms with Gasteiger partial charge in [0.05, 0.1) is 0 Å². The van der Waals surface area contributed by atoms with E-state index in [4.69, 9.17) is 5.11 Å². The molecule has 17 heavy (non-hydrogen) atoms. The number of carbonyl (C=O) groups is 3. The predicted molar refractivity (Wildman–Crippen MR) is 61.6 cm³/mol. The van der Waals surface area contributed by atoms with E-state index >= 15 is 0 Å². The molecule has 0 saturated heterocycles. The van der Waals surface area contributed by atoms with E-state index in [1.165, 1.54) is 4.90 Å². The predicted octanol–water partition coefficient (Wildman–Crippen LogP) is -0.373. The van der Waals surface area contributed by atoms with Gasteiger partial charge in [-0.05, 0) is 20.8 Å². The lowest BCUT2D eigenvalue weighted by Crippen LogP contribution is -2.47. The molecule has 0 aliphatic heterocycles. The van der Waals surface area contributed by atoms with Crippen LogP contribution in [0.5, 0.6) is 0 Å². The number of carbonyl (C=O) groups excluding carboxylic acids is 2. The van der Waals surface area contributed by atoms with E-state index in [1.54, 1.807) is 6.92 Å². The normalized spacial score (nSPS) is 9.88. The number of carboxylic acid groups (broad SMARTS) is 1. The van der Waals surface area contributed by atoms with Gasteiger partial charge < -0.3 is 20.6 Å². The topological polar surface area (TPSA) is 98.7 Å². The van der Waals surface area contributed by atoms with Gasteiger partial charge in [0, 0.05) is 12.6 Å². The molecule has 0 aromatic heterocycles. The summed E-state index contributed by atoms with van der Waals surface area (Å²) < 4.78 is 0. The Hall–Kier alpha value is -1.79. The van der Waals surface area contributed by atoms with Crippen molar-refractivity contribution in [1.29, 1.82) is 0 Å². The van der Waals surface area contributed by atoms with Crippen LogP contribution >= 0.6 is 0 Å². The van der Waals surface area contributed by atoms with Crippen LogP contribution in [0.25, 0.3) is 0 Å². The van der Waals surface area contributed by atoms with Gasteiger partial charge in [-0.1, -0.05) is 0 Å². The van der Waals surface area contributed by atoms with E-state index in [0.717, 1.165) is 0 Å². The number of carboxylic acids is 1. The third-order valence-corrected chi connectivity index (χ3v) is 1.84. The monoisotopic (exact) mass is 245 g/mol. The van der Waals surface area contributed by atoms with Gasteiger partial charge >= 0.3 is 12.0 Å². The van der Waals surface area contributed by atoms with Gasteiger partial charge in [0.25, 0.3) is 0 Å². The summed E-state index contributed by atoms with van der Waals surface area (Å²) in [4.78, 5) is 34.4. The molecule has 98 valence electrons. The summed E-state index contributed by atoms with van der Waals surface area (Å²) in [6, 6.07) is -0.558. The second-order valence-corrected chi connectivity index (χ2v) is 3.79. The molecule has 0 saturated carbocycles. The van der Waals surface area contributed by atoms with Crippen LogP contribution in [-0.4, -0.2) is 53.6 Å². The third kappa shape index (κ3) is 7.15. The zero-order valence-electron chi connectivity index (χ0n) is 10.3. The molecule has 0 aliphatic rings. The van der Waals surface area contributed by atoms with E-state index in [9.17, 15) is 14.4 Å². The Labute approximate surface area is 100 Å². The summed E-state index contributed by atoms with van der Waals surface area (Å²) in [5.74, 6) is -1.40. The highest BCUT2D eigenvalue weighted by Gasteiger charge is 2.16. The first-order chi connectivity index (χ1) is 7.86. The highest BCUT2D eigenvalue weighted by molar-refractivity contribution is 5.85.